The molecule has 1 atom stereocenters. The quantitative estimate of drug-likeness (QED) is 0.841. The molecule has 1 aliphatic carbocycles. The Morgan fingerprint density at radius 3 is 2.75 bits per heavy atom. The minimum absolute atomic E-state index is 0.274. The maximum Gasteiger partial charge on any atom is 0.271 e. The summed E-state index contributed by atoms with van der Waals surface area (Å²) in [6.07, 6.45) is 4.42. The Morgan fingerprint density at radius 2 is 2.31 bits per heavy atom. The van der Waals surface area contributed by atoms with Crippen LogP contribution in [0.5, 0.6) is 0 Å². The van der Waals surface area contributed by atoms with Gasteiger partial charge in [-0.15, -0.1) is 5.10 Å². The van der Waals surface area contributed by atoms with E-state index in [2.05, 4.69) is 24.2 Å². The Morgan fingerprint density at radius 1 is 1.62 bits per heavy atom. The number of rotatable bonds is 4. The van der Waals surface area contributed by atoms with Crippen LogP contribution >= 0.6 is 0 Å². The highest BCUT2D eigenvalue weighted by atomic mass is 16.1. The SMILES string of the molecule is CCC(C)n1nnc(C(N)=O)c1C1CCC1. The van der Waals surface area contributed by atoms with Gasteiger partial charge in [0, 0.05) is 5.92 Å². The second-order valence-electron chi connectivity index (χ2n) is 4.52. The molecule has 0 radical (unpaired) electrons. The third kappa shape index (κ3) is 1.70. The van der Waals surface area contributed by atoms with Crippen LogP contribution in [0, 0.1) is 0 Å². The van der Waals surface area contributed by atoms with Crippen LogP contribution < -0.4 is 5.73 Å². The Labute approximate surface area is 95.0 Å². The number of hydrogen-bond donors (Lipinski definition) is 1. The van der Waals surface area contributed by atoms with Gasteiger partial charge in [-0.25, -0.2) is 4.68 Å². The number of carbonyl (C=O) groups is 1. The summed E-state index contributed by atoms with van der Waals surface area (Å²) in [5.41, 5.74) is 6.65. The standard InChI is InChI=1S/C11H18N4O/c1-3-7(2)15-10(8-5-4-6-8)9(11(12)16)13-14-15/h7-8H,3-6H2,1-2H3,(H2,12,16). The number of carbonyl (C=O) groups excluding carboxylic acids is 1. The van der Waals surface area contributed by atoms with E-state index in [4.69, 9.17) is 5.73 Å². The molecule has 0 saturated heterocycles. The van der Waals surface area contributed by atoms with Crippen LogP contribution in [0.25, 0.3) is 0 Å². The zero-order chi connectivity index (χ0) is 11.7. The Kier molecular flexibility index (Phi) is 2.94. The molecule has 0 aliphatic heterocycles. The fourth-order valence-electron chi connectivity index (χ4n) is 2.04. The molecule has 5 heteroatoms. The van der Waals surface area contributed by atoms with Gasteiger partial charge in [-0.3, -0.25) is 4.79 Å². The molecule has 1 fully saturated rings. The largest absolute Gasteiger partial charge is 0.364 e. The van der Waals surface area contributed by atoms with E-state index in [1.54, 1.807) is 0 Å². The highest BCUT2D eigenvalue weighted by Gasteiger charge is 2.30. The molecule has 5 nitrogen and oxygen atoms in total. The summed E-state index contributed by atoms with van der Waals surface area (Å²) in [6.45, 7) is 4.18. The maximum atomic E-state index is 11.3. The number of primary amides is 1. The molecule has 1 aromatic rings. The minimum Gasteiger partial charge on any atom is -0.364 e. The van der Waals surface area contributed by atoms with Gasteiger partial charge in [-0.05, 0) is 26.2 Å². The molecule has 2 rings (SSSR count). The van der Waals surface area contributed by atoms with Gasteiger partial charge in [-0.2, -0.15) is 0 Å². The van der Waals surface area contributed by atoms with Crippen LogP contribution in [0.4, 0.5) is 0 Å². The molecular formula is C11H18N4O. The molecule has 1 aromatic heterocycles. The third-order valence-electron chi connectivity index (χ3n) is 3.46. The molecule has 1 aliphatic rings. The van der Waals surface area contributed by atoms with Gasteiger partial charge in [0.25, 0.3) is 5.91 Å². The molecule has 1 unspecified atom stereocenters. The Hall–Kier alpha value is -1.39. The van der Waals surface area contributed by atoms with Crippen molar-refractivity contribution in [1.82, 2.24) is 15.0 Å². The first kappa shape index (κ1) is 11.1. The highest BCUT2D eigenvalue weighted by molar-refractivity contribution is 5.92. The van der Waals surface area contributed by atoms with Crippen LogP contribution in [0.15, 0.2) is 0 Å². The fourth-order valence-corrected chi connectivity index (χ4v) is 2.04. The summed E-state index contributed by atoms with van der Waals surface area (Å²) in [4.78, 5) is 11.3. The van der Waals surface area contributed by atoms with Crippen molar-refractivity contribution in [3.05, 3.63) is 11.4 Å². The first-order valence-electron chi connectivity index (χ1n) is 5.90. The number of nitrogens with two attached hydrogens (primary N) is 1. The lowest BCUT2D eigenvalue weighted by Gasteiger charge is -2.27. The van der Waals surface area contributed by atoms with E-state index in [-0.39, 0.29) is 6.04 Å². The van der Waals surface area contributed by atoms with Crippen molar-refractivity contribution in [3.8, 4) is 0 Å². The zero-order valence-electron chi connectivity index (χ0n) is 9.81. The molecule has 16 heavy (non-hydrogen) atoms. The summed E-state index contributed by atoms with van der Waals surface area (Å²) < 4.78 is 1.88. The van der Waals surface area contributed by atoms with E-state index in [0.717, 1.165) is 25.0 Å². The van der Waals surface area contributed by atoms with Crippen molar-refractivity contribution >= 4 is 5.91 Å². The maximum absolute atomic E-state index is 11.3. The van der Waals surface area contributed by atoms with Gasteiger partial charge in [-0.1, -0.05) is 18.6 Å². The Bertz CT molecular complexity index is 395. The van der Waals surface area contributed by atoms with E-state index in [0.29, 0.717) is 11.6 Å². The number of nitrogens with zero attached hydrogens (tertiary/aromatic N) is 3. The predicted octanol–water partition coefficient (Wildman–Crippen LogP) is 1.62. The molecule has 1 saturated carbocycles. The summed E-state index contributed by atoms with van der Waals surface area (Å²) in [5, 5.41) is 8.00. The van der Waals surface area contributed by atoms with Crippen LogP contribution in [0.3, 0.4) is 0 Å². The smallest absolute Gasteiger partial charge is 0.271 e. The van der Waals surface area contributed by atoms with Crippen LogP contribution in [-0.4, -0.2) is 20.9 Å². The van der Waals surface area contributed by atoms with Crippen molar-refractivity contribution in [2.24, 2.45) is 5.73 Å². The van der Waals surface area contributed by atoms with Gasteiger partial charge in [0.1, 0.15) is 0 Å². The normalized spacial score (nSPS) is 18.1. The lowest BCUT2D eigenvalue weighted by atomic mass is 9.81. The third-order valence-corrected chi connectivity index (χ3v) is 3.46. The first-order chi connectivity index (χ1) is 7.65. The van der Waals surface area contributed by atoms with Gasteiger partial charge >= 0.3 is 0 Å². The summed E-state index contributed by atoms with van der Waals surface area (Å²) in [6, 6.07) is 0.274. The van der Waals surface area contributed by atoms with Crippen molar-refractivity contribution < 1.29 is 4.79 Å². The monoisotopic (exact) mass is 222 g/mol. The van der Waals surface area contributed by atoms with Crippen LogP contribution in [0.2, 0.25) is 0 Å². The number of aromatic nitrogens is 3. The average Bonchev–Trinajstić information content (AvgIpc) is 2.58. The summed E-state index contributed by atoms with van der Waals surface area (Å²) >= 11 is 0. The van der Waals surface area contributed by atoms with Gasteiger partial charge in [0.05, 0.1) is 11.7 Å². The van der Waals surface area contributed by atoms with E-state index in [1.807, 2.05) is 4.68 Å². The van der Waals surface area contributed by atoms with Crippen molar-refractivity contribution in [1.29, 1.82) is 0 Å². The van der Waals surface area contributed by atoms with Crippen molar-refractivity contribution in [2.45, 2.75) is 51.5 Å². The first-order valence-corrected chi connectivity index (χ1v) is 5.90. The zero-order valence-corrected chi connectivity index (χ0v) is 9.81. The fraction of sp³-hybridized carbons (Fsp3) is 0.727. The second-order valence-corrected chi connectivity index (χ2v) is 4.52. The second kappa shape index (κ2) is 4.23. The van der Waals surface area contributed by atoms with E-state index < -0.39 is 5.91 Å². The van der Waals surface area contributed by atoms with Gasteiger partial charge in [0.15, 0.2) is 5.69 Å². The van der Waals surface area contributed by atoms with E-state index >= 15 is 0 Å². The van der Waals surface area contributed by atoms with Crippen molar-refractivity contribution in [3.63, 3.8) is 0 Å². The van der Waals surface area contributed by atoms with Crippen molar-refractivity contribution in [2.75, 3.05) is 0 Å². The predicted molar refractivity (Wildman–Crippen MR) is 60.1 cm³/mol. The van der Waals surface area contributed by atoms with E-state index in [9.17, 15) is 4.79 Å². The van der Waals surface area contributed by atoms with Gasteiger partial charge in [0.2, 0.25) is 0 Å². The van der Waals surface area contributed by atoms with E-state index in [1.165, 1.54) is 6.42 Å². The molecule has 1 heterocycles. The summed E-state index contributed by atoms with van der Waals surface area (Å²) in [7, 11) is 0. The topological polar surface area (TPSA) is 73.8 Å². The Balaban J connectivity index is 2.40. The molecule has 0 spiro atoms. The molecule has 1 amide bonds. The van der Waals surface area contributed by atoms with Gasteiger partial charge < -0.3 is 5.73 Å². The highest BCUT2D eigenvalue weighted by Crippen LogP contribution is 2.38. The molecular weight excluding hydrogens is 204 g/mol. The van der Waals surface area contributed by atoms with Crippen LogP contribution in [0.1, 0.15) is 67.7 Å². The molecule has 0 bridgehead atoms. The summed E-state index contributed by atoms with van der Waals surface area (Å²) in [5.74, 6) is -0.0389. The molecule has 88 valence electrons. The molecule has 0 aromatic carbocycles. The average molecular weight is 222 g/mol. The number of amides is 1. The lowest BCUT2D eigenvalue weighted by molar-refractivity contribution is 0.0993. The molecule has 2 N–H and O–H groups in total. The number of hydrogen-bond acceptors (Lipinski definition) is 3. The lowest BCUT2D eigenvalue weighted by Crippen LogP contribution is -2.22. The minimum atomic E-state index is -0.462. The van der Waals surface area contributed by atoms with Crippen LogP contribution in [-0.2, 0) is 0 Å².